The molecule has 1 aromatic carbocycles. The topological polar surface area (TPSA) is 35.5 Å². The Balaban J connectivity index is 2.20. The van der Waals surface area contributed by atoms with Crippen LogP contribution in [0.1, 0.15) is 57.4 Å². The van der Waals surface area contributed by atoms with Gasteiger partial charge in [-0.2, -0.15) is 0 Å². The van der Waals surface area contributed by atoms with Crippen molar-refractivity contribution in [1.82, 2.24) is 0 Å². The highest BCUT2D eigenvalue weighted by Gasteiger charge is 2.30. The fraction of sp³-hybridized carbons (Fsp3) is 0.588. The summed E-state index contributed by atoms with van der Waals surface area (Å²) in [5.74, 6) is 1.02. The largest absolute Gasteiger partial charge is 0.493 e. The lowest BCUT2D eigenvalue weighted by Crippen LogP contribution is -2.28. The van der Waals surface area contributed by atoms with Crippen molar-refractivity contribution in [2.45, 2.75) is 58.0 Å². The fourth-order valence-electron chi connectivity index (χ4n) is 2.94. The van der Waals surface area contributed by atoms with Crippen LogP contribution in [0.2, 0.25) is 0 Å². The quantitative estimate of drug-likeness (QED) is 0.761. The zero-order valence-electron chi connectivity index (χ0n) is 12.4. The first kappa shape index (κ1) is 14.9. The first-order valence-electron chi connectivity index (χ1n) is 7.61. The van der Waals surface area contributed by atoms with Gasteiger partial charge in [-0.1, -0.05) is 31.5 Å². The van der Waals surface area contributed by atoms with E-state index in [4.69, 9.17) is 9.47 Å². The molecule has 0 amide bonds. The van der Waals surface area contributed by atoms with Gasteiger partial charge in [-0.05, 0) is 31.7 Å². The second-order valence-electron chi connectivity index (χ2n) is 5.43. The van der Waals surface area contributed by atoms with Crippen LogP contribution >= 0.6 is 0 Å². The van der Waals surface area contributed by atoms with Crippen molar-refractivity contribution in [3.8, 4) is 5.75 Å². The summed E-state index contributed by atoms with van der Waals surface area (Å²) in [7, 11) is 0. The second kappa shape index (κ2) is 7.32. The molecule has 1 saturated carbocycles. The number of hydrogen-bond acceptors (Lipinski definition) is 3. The third kappa shape index (κ3) is 3.75. The van der Waals surface area contributed by atoms with E-state index in [9.17, 15) is 4.79 Å². The summed E-state index contributed by atoms with van der Waals surface area (Å²) in [6.07, 6.45) is 5.31. The molecule has 0 aromatic heterocycles. The summed E-state index contributed by atoms with van der Waals surface area (Å²) in [6.45, 7) is 4.32. The second-order valence-corrected chi connectivity index (χ2v) is 5.43. The lowest BCUT2D eigenvalue weighted by Gasteiger charge is -2.32. The SMILES string of the molecule is CCCOc1ccccc1[C@@H]1CCCC[C@H]1OC(C)=O. The summed E-state index contributed by atoms with van der Waals surface area (Å²) in [5.41, 5.74) is 1.19. The summed E-state index contributed by atoms with van der Waals surface area (Å²) < 4.78 is 11.4. The number of hydrogen-bond donors (Lipinski definition) is 0. The standard InChI is InChI=1S/C17H24O3/c1-3-12-19-16-10-6-4-8-14(16)15-9-5-7-11-17(15)20-13(2)18/h4,6,8,10,15,17H,3,5,7,9,11-12H2,1-2H3/t15-,17+/m0/s1. The van der Waals surface area contributed by atoms with E-state index in [1.807, 2.05) is 18.2 Å². The number of esters is 1. The molecule has 0 heterocycles. The Morgan fingerprint density at radius 1 is 1.25 bits per heavy atom. The minimum absolute atomic E-state index is 0.00683. The van der Waals surface area contributed by atoms with Crippen LogP contribution in [0.5, 0.6) is 5.75 Å². The lowest BCUT2D eigenvalue weighted by atomic mass is 9.81. The minimum Gasteiger partial charge on any atom is -0.493 e. The Labute approximate surface area is 121 Å². The highest BCUT2D eigenvalue weighted by Crippen LogP contribution is 2.39. The summed E-state index contributed by atoms with van der Waals surface area (Å²) in [6, 6.07) is 8.16. The highest BCUT2D eigenvalue weighted by atomic mass is 16.5. The molecule has 3 heteroatoms. The van der Waals surface area contributed by atoms with Crippen LogP contribution in [-0.4, -0.2) is 18.7 Å². The van der Waals surface area contributed by atoms with Gasteiger partial charge in [-0.15, -0.1) is 0 Å². The first-order valence-corrected chi connectivity index (χ1v) is 7.61. The Bertz CT molecular complexity index is 442. The molecule has 20 heavy (non-hydrogen) atoms. The first-order chi connectivity index (χ1) is 9.72. The van der Waals surface area contributed by atoms with E-state index in [2.05, 4.69) is 13.0 Å². The average molecular weight is 276 g/mol. The van der Waals surface area contributed by atoms with Gasteiger partial charge in [0.25, 0.3) is 0 Å². The Kier molecular flexibility index (Phi) is 5.45. The molecule has 0 saturated heterocycles. The zero-order valence-corrected chi connectivity index (χ0v) is 12.4. The molecule has 2 atom stereocenters. The molecular weight excluding hydrogens is 252 g/mol. The molecule has 0 radical (unpaired) electrons. The van der Waals surface area contributed by atoms with Gasteiger partial charge in [0.05, 0.1) is 6.61 Å². The van der Waals surface area contributed by atoms with E-state index in [1.165, 1.54) is 18.9 Å². The molecule has 0 N–H and O–H groups in total. The van der Waals surface area contributed by atoms with Crippen LogP contribution in [0.4, 0.5) is 0 Å². The van der Waals surface area contributed by atoms with Gasteiger partial charge in [0, 0.05) is 18.4 Å². The van der Waals surface area contributed by atoms with Crippen LogP contribution in [-0.2, 0) is 9.53 Å². The Morgan fingerprint density at radius 3 is 2.75 bits per heavy atom. The maximum atomic E-state index is 11.3. The molecule has 3 nitrogen and oxygen atoms in total. The molecule has 110 valence electrons. The van der Waals surface area contributed by atoms with Gasteiger partial charge in [-0.3, -0.25) is 4.79 Å². The normalized spacial score (nSPS) is 22.3. The van der Waals surface area contributed by atoms with Crippen LogP contribution < -0.4 is 4.74 Å². The smallest absolute Gasteiger partial charge is 0.302 e. The summed E-state index contributed by atoms with van der Waals surface area (Å²) in [4.78, 5) is 11.3. The molecule has 0 spiro atoms. The number of carbonyl (C=O) groups excluding carboxylic acids is 1. The predicted molar refractivity (Wildman–Crippen MR) is 79.0 cm³/mol. The third-order valence-electron chi connectivity index (χ3n) is 3.80. The zero-order chi connectivity index (χ0) is 14.4. The molecule has 1 aromatic rings. The molecule has 2 rings (SSSR count). The van der Waals surface area contributed by atoms with Crippen LogP contribution in [0, 0.1) is 0 Å². The molecule has 1 aliphatic carbocycles. The molecule has 0 aliphatic heterocycles. The summed E-state index contributed by atoms with van der Waals surface area (Å²) >= 11 is 0. The van der Waals surface area contributed by atoms with Gasteiger partial charge < -0.3 is 9.47 Å². The van der Waals surface area contributed by atoms with Crippen LogP contribution in [0.3, 0.4) is 0 Å². The van der Waals surface area contributed by atoms with Crippen molar-refractivity contribution >= 4 is 5.97 Å². The van der Waals surface area contributed by atoms with E-state index >= 15 is 0 Å². The highest BCUT2D eigenvalue weighted by molar-refractivity contribution is 5.66. The predicted octanol–water partition coefficient (Wildman–Crippen LogP) is 4.06. The van der Waals surface area contributed by atoms with Crippen molar-refractivity contribution in [2.75, 3.05) is 6.61 Å². The van der Waals surface area contributed by atoms with E-state index in [-0.39, 0.29) is 18.0 Å². The molecule has 1 aliphatic rings. The lowest BCUT2D eigenvalue weighted by molar-refractivity contribution is -0.148. The number of rotatable bonds is 5. The van der Waals surface area contributed by atoms with E-state index in [0.717, 1.165) is 38.0 Å². The molecule has 0 unspecified atom stereocenters. The van der Waals surface area contributed by atoms with Crippen LogP contribution in [0.15, 0.2) is 24.3 Å². The number of para-hydroxylation sites is 1. The Hall–Kier alpha value is -1.51. The van der Waals surface area contributed by atoms with Gasteiger partial charge in [0.15, 0.2) is 0 Å². The maximum absolute atomic E-state index is 11.3. The van der Waals surface area contributed by atoms with Gasteiger partial charge in [0.1, 0.15) is 11.9 Å². The number of carbonyl (C=O) groups is 1. The van der Waals surface area contributed by atoms with Gasteiger partial charge >= 0.3 is 5.97 Å². The minimum atomic E-state index is -0.186. The van der Waals surface area contributed by atoms with Gasteiger partial charge in [-0.25, -0.2) is 0 Å². The van der Waals surface area contributed by atoms with Crippen LogP contribution in [0.25, 0.3) is 0 Å². The van der Waals surface area contributed by atoms with Gasteiger partial charge in [0.2, 0.25) is 0 Å². The van der Waals surface area contributed by atoms with Crippen molar-refractivity contribution in [3.05, 3.63) is 29.8 Å². The van der Waals surface area contributed by atoms with E-state index in [0.29, 0.717) is 0 Å². The third-order valence-corrected chi connectivity index (χ3v) is 3.80. The molecular formula is C17H24O3. The molecule has 1 fully saturated rings. The fourth-order valence-corrected chi connectivity index (χ4v) is 2.94. The van der Waals surface area contributed by atoms with E-state index in [1.54, 1.807) is 0 Å². The van der Waals surface area contributed by atoms with Crippen molar-refractivity contribution in [1.29, 1.82) is 0 Å². The van der Waals surface area contributed by atoms with Crippen molar-refractivity contribution < 1.29 is 14.3 Å². The monoisotopic (exact) mass is 276 g/mol. The summed E-state index contributed by atoms with van der Waals surface area (Å²) in [5, 5.41) is 0. The number of ether oxygens (including phenoxy) is 2. The maximum Gasteiger partial charge on any atom is 0.302 e. The average Bonchev–Trinajstić information content (AvgIpc) is 2.45. The van der Waals surface area contributed by atoms with E-state index < -0.39 is 0 Å². The number of benzene rings is 1. The van der Waals surface area contributed by atoms with Crippen molar-refractivity contribution in [2.24, 2.45) is 0 Å². The Morgan fingerprint density at radius 2 is 2.00 bits per heavy atom. The molecule has 0 bridgehead atoms. The van der Waals surface area contributed by atoms with Crippen molar-refractivity contribution in [3.63, 3.8) is 0 Å².